The molecule has 0 aliphatic carbocycles. The molecule has 1 aromatic carbocycles. The van der Waals surface area contributed by atoms with Gasteiger partial charge in [0.1, 0.15) is 6.33 Å². The van der Waals surface area contributed by atoms with Crippen LogP contribution in [0.15, 0.2) is 29.7 Å². The molecule has 22 heavy (non-hydrogen) atoms. The first-order valence-electron chi connectivity index (χ1n) is 6.40. The van der Waals surface area contributed by atoms with Crippen LogP contribution in [0.25, 0.3) is 0 Å². The number of benzene rings is 1. The predicted molar refractivity (Wildman–Crippen MR) is 85.2 cm³/mol. The fraction of sp³-hybridized carbons (Fsp3) is 0.231. The van der Waals surface area contributed by atoms with Gasteiger partial charge < -0.3 is 10.6 Å². The quantitative estimate of drug-likeness (QED) is 0.551. The molecule has 2 rings (SSSR count). The smallest absolute Gasteiger partial charge is 0.252 e. The highest BCUT2D eigenvalue weighted by Crippen LogP contribution is 2.20. The minimum atomic E-state index is -0.296. The molecule has 0 unspecified atom stereocenters. The Morgan fingerprint density at radius 2 is 2.23 bits per heavy atom. The molecule has 0 atom stereocenters. The van der Waals surface area contributed by atoms with Crippen LogP contribution in [0.4, 0.5) is 5.69 Å². The number of hydrogen-bond donors (Lipinski definition) is 3. The summed E-state index contributed by atoms with van der Waals surface area (Å²) >= 11 is 7.47. The molecule has 0 aliphatic heterocycles. The molecule has 2 aromatic rings. The molecule has 116 valence electrons. The zero-order valence-corrected chi connectivity index (χ0v) is 13.3. The van der Waals surface area contributed by atoms with Gasteiger partial charge >= 0.3 is 0 Å². The Hall–Kier alpha value is -2.06. The van der Waals surface area contributed by atoms with Gasteiger partial charge in [-0.1, -0.05) is 23.4 Å². The third-order valence-electron chi connectivity index (χ3n) is 2.55. The maximum absolute atomic E-state index is 12.1. The van der Waals surface area contributed by atoms with Crippen LogP contribution >= 0.6 is 23.4 Å². The van der Waals surface area contributed by atoms with E-state index in [4.69, 9.17) is 11.6 Å². The summed E-state index contributed by atoms with van der Waals surface area (Å²) in [6.45, 7) is 1.85. The average Bonchev–Trinajstić information content (AvgIpc) is 2.98. The van der Waals surface area contributed by atoms with Crippen LogP contribution in [-0.2, 0) is 4.79 Å². The highest BCUT2D eigenvalue weighted by molar-refractivity contribution is 7.99. The lowest BCUT2D eigenvalue weighted by molar-refractivity contribution is -0.114. The molecule has 7 nitrogen and oxygen atoms in total. The highest BCUT2D eigenvalue weighted by Gasteiger charge is 2.11. The van der Waals surface area contributed by atoms with Crippen LogP contribution in [0.5, 0.6) is 0 Å². The third kappa shape index (κ3) is 4.74. The van der Waals surface area contributed by atoms with Gasteiger partial charge in [-0.15, -0.1) is 0 Å². The zero-order chi connectivity index (χ0) is 15.9. The van der Waals surface area contributed by atoms with Gasteiger partial charge in [0, 0.05) is 24.9 Å². The topological polar surface area (TPSA) is 99.8 Å². The molecular formula is C13H14ClN5O2S. The van der Waals surface area contributed by atoms with Gasteiger partial charge in [0.25, 0.3) is 5.91 Å². The largest absolute Gasteiger partial charge is 0.351 e. The fourth-order valence-corrected chi connectivity index (χ4v) is 2.49. The molecule has 0 radical (unpaired) electrons. The number of carbonyl (C=O) groups excluding carboxylic acids is 2. The number of thioether (sulfide) groups is 1. The van der Waals surface area contributed by atoms with Crippen molar-refractivity contribution >= 4 is 40.9 Å². The van der Waals surface area contributed by atoms with E-state index in [0.29, 0.717) is 33.7 Å². The number of carbonyl (C=O) groups is 2. The van der Waals surface area contributed by atoms with E-state index in [9.17, 15) is 9.59 Å². The van der Waals surface area contributed by atoms with Crippen LogP contribution in [0.3, 0.4) is 0 Å². The first-order chi connectivity index (χ1) is 10.6. The van der Waals surface area contributed by atoms with Crippen molar-refractivity contribution in [2.75, 3.05) is 17.6 Å². The van der Waals surface area contributed by atoms with Crippen LogP contribution < -0.4 is 10.6 Å². The van der Waals surface area contributed by atoms with E-state index in [1.165, 1.54) is 25.0 Å². The Kier molecular flexibility index (Phi) is 5.79. The summed E-state index contributed by atoms with van der Waals surface area (Å²) in [5.41, 5.74) is 0.843. The van der Waals surface area contributed by atoms with Crippen molar-refractivity contribution in [1.29, 1.82) is 0 Å². The normalized spacial score (nSPS) is 10.3. The van der Waals surface area contributed by atoms with Crippen LogP contribution in [-0.4, -0.2) is 39.3 Å². The number of aromatic amines is 1. The van der Waals surface area contributed by atoms with E-state index >= 15 is 0 Å². The van der Waals surface area contributed by atoms with Gasteiger partial charge in [-0.05, 0) is 18.2 Å². The minimum Gasteiger partial charge on any atom is -0.351 e. The van der Waals surface area contributed by atoms with E-state index in [2.05, 4.69) is 25.8 Å². The molecule has 9 heteroatoms. The Morgan fingerprint density at radius 3 is 2.91 bits per heavy atom. The summed E-state index contributed by atoms with van der Waals surface area (Å²) in [6.07, 6.45) is 1.42. The lowest BCUT2D eigenvalue weighted by atomic mass is 10.2. The van der Waals surface area contributed by atoms with Crippen molar-refractivity contribution in [3.8, 4) is 0 Å². The lowest BCUT2D eigenvalue weighted by Gasteiger charge is -2.09. The molecule has 3 N–H and O–H groups in total. The first kappa shape index (κ1) is 16.3. The van der Waals surface area contributed by atoms with Gasteiger partial charge in [0.05, 0.1) is 10.6 Å². The predicted octanol–water partition coefficient (Wildman–Crippen LogP) is 1.94. The summed E-state index contributed by atoms with van der Waals surface area (Å²) in [5, 5.41) is 12.9. The number of aromatic nitrogens is 3. The average molecular weight is 340 g/mol. The third-order valence-corrected chi connectivity index (χ3v) is 3.76. The number of halogens is 1. The maximum Gasteiger partial charge on any atom is 0.252 e. The Bertz CT molecular complexity index is 662. The number of nitrogens with zero attached hydrogens (tertiary/aromatic N) is 2. The molecule has 1 heterocycles. The number of nitrogens with one attached hydrogen (secondary N) is 3. The van der Waals surface area contributed by atoms with Gasteiger partial charge in [0.15, 0.2) is 5.16 Å². The van der Waals surface area contributed by atoms with Crippen LogP contribution in [0.2, 0.25) is 5.02 Å². The van der Waals surface area contributed by atoms with Gasteiger partial charge in [0.2, 0.25) is 5.91 Å². The molecule has 0 saturated carbocycles. The Labute approximate surface area is 136 Å². The van der Waals surface area contributed by atoms with Crippen molar-refractivity contribution in [1.82, 2.24) is 20.5 Å². The van der Waals surface area contributed by atoms with E-state index in [0.717, 1.165) is 0 Å². The minimum absolute atomic E-state index is 0.211. The molecule has 0 aliphatic rings. The number of H-pyrrole nitrogens is 1. The summed E-state index contributed by atoms with van der Waals surface area (Å²) in [5.74, 6) is 0.136. The van der Waals surface area contributed by atoms with Crippen molar-refractivity contribution < 1.29 is 9.59 Å². The second-order valence-electron chi connectivity index (χ2n) is 4.27. The monoisotopic (exact) mass is 339 g/mol. The molecule has 2 amide bonds. The summed E-state index contributed by atoms with van der Waals surface area (Å²) < 4.78 is 0. The number of rotatable bonds is 6. The summed E-state index contributed by atoms with van der Waals surface area (Å²) in [6, 6.07) is 4.76. The molecule has 1 aromatic heterocycles. The maximum atomic E-state index is 12.1. The summed E-state index contributed by atoms with van der Waals surface area (Å²) in [7, 11) is 0. The highest BCUT2D eigenvalue weighted by atomic mass is 35.5. The van der Waals surface area contributed by atoms with Crippen molar-refractivity contribution in [2.24, 2.45) is 0 Å². The van der Waals surface area contributed by atoms with Gasteiger partial charge in [-0.3, -0.25) is 14.7 Å². The summed E-state index contributed by atoms with van der Waals surface area (Å²) in [4.78, 5) is 27.1. The first-order valence-corrected chi connectivity index (χ1v) is 7.76. The van der Waals surface area contributed by atoms with Crippen molar-refractivity contribution in [2.45, 2.75) is 12.1 Å². The Balaban J connectivity index is 1.89. The van der Waals surface area contributed by atoms with Crippen LogP contribution in [0, 0.1) is 0 Å². The lowest BCUT2D eigenvalue weighted by Crippen LogP contribution is -2.26. The number of hydrogen-bond acceptors (Lipinski definition) is 5. The standard InChI is InChI=1S/C13H14ClN5O2S/c1-8(20)18-9-2-3-11(14)10(6-9)12(21)15-4-5-22-13-16-7-17-19-13/h2-3,6-7H,4-5H2,1H3,(H,15,21)(H,18,20)(H,16,17,19). The fourth-order valence-electron chi connectivity index (χ4n) is 1.65. The van der Waals surface area contributed by atoms with Crippen molar-refractivity contribution in [3.63, 3.8) is 0 Å². The SMILES string of the molecule is CC(=O)Nc1ccc(Cl)c(C(=O)NCCSc2ncn[nH]2)c1. The Morgan fingerprint density at radius 1 is 1.41 bits per heavy atom. The number of anilines is 1. The molecule has 0 bridgehead atoms. The van der Waals surface area contributed by atoms with Crippen molar-refractivity contribution in [3.05, 3.63) is 35.1 Å². The van der Waals surface area contributed by atoms with Crippen LogP contribution in [0.1, 0.15) is 17.3 Å². The second-order valence-corrected chi connectivity index (χ2v) is 5.76. The number of amides is 2. The van der Waals surface area contributed by atoms with E-state index < -0.39 is 0 Å². The molecular weight excluding hydrogens is 326 g/mol. The second kappa shape index (κ2) is 7.81. The van der Waals surface area contributed by atoms with E-state index in [1.807, 2.05) is 0 Å². The van der Waals surface area contributed by atoms with Gasteiger partial charge in [-0.2, -0.15) is 5.10 Å². The molecule has 0 saturated heterocycles. The molecule has 0 fully saturated rings. The molecule has 0 spiro atoms. The van der Waals surface area contributed by atoms with Gasteiger partial charge in [-0.25, -0.2) is 4.98 Å². The van der Waals surface area contributed by atoms with E-state index in [1.54, 1.807) is 18.2 Å². The zero-order valence-electron chi connectivity index (χ0n) is 11.7. The van der Waals surface area contributed by atoms with E-state index in [-0.39, 0.29) is 11.8 Å².